The molecule has 0 spiro atoms. The number of halogens is 1. The van der Waals surface area contributed by atoms with Crippen LogP contribution in [0.3, 0.4) is 0 Å². The quantitative estimate of drug-likeness (QED) is 0.752. The molecule has 0 N–H and O–H groups in total. The number of aromatic nitrogens is 1. The summed E-state index contributed by atoms with van der Waals surface area (Å²) in [4.78, 5) is 4.29. The Balaban J connectivity index is 2.00. The summed E-state index contributed by atoms with van der Waals surface area (Å²) in [6, 6.07) is 3.88. The first-order chi connectivity index (χ1) is 8.33. The van der Waals surface area contributed by atoms with Crippen molar-refractivity contribution in [1.82, 2.24) is 4.98 Å². The summed E-state index contributed by atoms with van der Waals surface area (Å²) >= 11 is 5.89. The third kappa shape index (κ3) is 3.35. The summed E-state index contributed by atoms with van der Waals surface area (Å²) in [6.45, 7) is 2.26. The van der Waals surface area contributed by atoms with Crippen LogP contribution in [0, 0.1) is 5.92 Å². The molecule has 1 aliphatic rings. The third-order valence-electron chi connectivity index (χ3n) is 3.58. The van der Waals surface area contributed by atoms with E-state index in [0.29, 0.717) is 12.0 Å². The monoisotopic (exact) mass is 253 g/mol. The predicted molar refractivity (Wildman–Crippen MR) is 70.5 cm³/mol. The number of alkyl halides is 1. The fraction of sp³-hybridized carbons (Fsp3) is 0.643. The highest BCUT2D eigenvalue weighted by Crippen LogP contribution is 2.30. The van der Waals surface area contributed by atoms with Crippen molar-refractivity contribution in [2.75, 3.05) is 0 Å². The fourth-order valence-corrected chi connectivity index (χ4v) is 2.71. The summed E-state index contributed by atoms with van der Waals surface area (Å²) in [6.07, 6.45) is 8.28. The molecule has 2 nitrogen and oxygen atoms in total. The molecule has 0 bridgehead atoms. The lowest BCUT2D eigenvalue weighted by atomic mass is 9.85. The van der Waals surface area contributed by atoms with Crippen LogP contribution in [0.25, 0.3) is 0 Å². The van der Waals surface area contributed by atoms with Gasteiger partial charge in [0.25, 0.3) is 0 Å². The van der Waals surface area contributed by atoms with Gasteiger partial charge in [0.05, 0.1) is 5.88 Å². The van der Waals surface area contributed by atoms with Crippen molar-refractivity contribution in [3.63, 3.8) is 0 Å². The summed E-state index contributed by atoms with van der Waals surface area (Å²) < 4.78 is 6.01. The maximum atomic E-state index is 6.01. The van der Waals surface area contributed by atoms with Crippen LogP contribution in [0.1, 0.15) is 44.6 Å². The Morgan fingerprint density at radius 2 is 2.35 bits per heavy atom. The average molecular weight is 254 g/mol. The zero-order valence-corrected chi connectivity index (χ0v) is 11.1. The van der Waals surface area contributed by atoms with E-state index >= 15 is 0 Å². The van der Waals surface area contributed by atoms with Crippen LogP contribution >= 0.6 is 11.6 Å². The second-order valence-electron chi connectivity index (χ2n) is 4.78. The van der Waals surface area contributed by atoms with Gasteiger partial charge in [0.15, 0.2) is 0 Å². The highest BCUT2D eigenvalue weighted by atomic mass is 35.5. The molecular weight excluding hydrogens is 234 g/mol. The zero-order chi connectivity index (χ0) is 12.1. The van der Waals surface area contributed by atoms with E-state index in [1.54, 1.807) is 6.20 Å². The molecule has 94 valence electrons. The van der Waals surface area contributed by atoms with Crippen LogP contribution in [-0.4, -0.2) is 11.1 Å². The van der Waals surface area contributed by atoms with E-state index in [4.69, 9.17) is 16.3 Å². The van der Waals surface area contributed by atoms with Crippen LogP contribution in [0.15, 0.2) is 18.3 Å². The van der Waals surface area contributed by atoms with E-state index in [1.807, 2.05) is 12.1 Å². The Hall–Kier alpha value is -0.760. The van der Waals surface area contributed by atoms with Crippen molar-refractivity contribution in [3.05, 3.63) is 23.9 Å². The molecule has 1 heterocycles. The van der Waals surface area contributed by atoms with E-state index in [9.17, 15) is 0 Å². The van der Waals surface area contributed by atoms with E-state index in [1.165, 1.54) is 19.3 Å². The molecule has 2 atom stereocenters. The zero-order valence-electron chi connectivity index (χ0n) is 10.4. The second-order valence-corrected chi connectivity index (χ2v) is 5.05. The van der Waals surface area contributed by atoms with Crippen molar-refractivity contribution < 1.29 is 4.74 Å². The van der Waals surface area contributed by atoms with E-state index in [-0.39, 0.29) is 0 Å². The molecule has 1 aromatic heterocycles. The van der Waals surface area contributed by atoms with Gasteiger partial charge >= 0.3 is 0 Å². The van der Waals surface area contributed by atoms with Crippen LogP contribution in [0.4, 0.5) is 0 Å². The number of nitrogens with zero attached hydrogens (tertiary/aromatic N) is 1. The Labute approximate surface area is 108 Å². The molecule has 17 heavy (non-hydrogen) atoms. The number of rotatable bonds is 4. The molecule has 0 aliphatic heterocycles. The van der Waals surface area contributed by atoms with Crippen LogP contribution < -0.4 is 4.74 Å². The first-order valence-corrected chi connectivity index (χ1v) is 7.03. The SMILES string of the molecule is CCC1CCCC(Oc2ncccc2CCl)C1. The Bertz CT molecular complexity index is 356. The van der Waals surface area contributed by atoms with Gasteiger partial charge in [0.2, 0.25) is 5.88 Å². The standard InChI is InChI=1S/C14H20ClNO/c1-2-11-5-3-7-13(9-11)17-14-12(10-15)6-4-8-16-14/h4,6,8,11,13H,2-3,5,7,9-10H2,1H3. The minimum Gasteiger partial charge on any atom is -0.474 e. The molecule has 0 aromatic carbocycles. The summed E-state index contributed by atoms with van der Waals surface area (Å²) in [5.74, 6) is 2.01. The maximum Gasteiger partial charge on any atom is 0.218 e. The first kappa shape index (κ1) is 12.7. The van der Waals surface area contributed by atoms with Gasteiger partial charge in [-0.3, -0.25) is 0 Å². The fourth-order valence-electron chi connectivity index (χ4n) is 2.51. The summed E-state index contributed by atoms with van der Waals surface area (Å²) in [5, 5.41) is 0. The number of hydrogen-bond donors (Lipinski definition) is 0. The van der Waals surface area contributed by atoms with Gasteiger partial charge < -0.3 is 4.74 Å². The lowest BCUT2D eigenvalue weighted by Crippen LogP contribution is -2.25. The third-order valence-corrected chi connectivity index (χ3v) is 3.87. The minimum absolute atomic E-state index is 0.325. The average Bonchev–Trinajstić information content (AvgIpc) is 2.39. The van der Waals surface area contributed by atoms with Crippen LogP contribution in [0.5, 0.6) is 5.88 Å². The Morgan fingerprint density at radius 1 is 1.47 bits per heavy atom. The maximum absolute atomic E-state index is 6.01. The van der Waals surface area contributed by atoms with Crippen molar-refractivity contribution >= 4 is 11.6 Å². The lowest BCUT2D eigenvalue weighted by Gasteiger charge is -2.28. The number of pyridine rings is 1. The summed E-state index contributed by atoms with van der Waals surface area (Å²) in [7, 11) is 0. The normalized spacial score (nSPS) is 24.6. The van der Waals surface area contributed by atoms with Crippen LogP contribution in [-0.2, 0) is 5.88 Å². The van der Waals surface area contributed by atoms with Gasteiger partial charge in [0, 0.05) is 11.8 Å². The topological polar surface area (TPSA) is 22.1 Å². The van der Waals surface area contributed by atoms with Gasteiger partial charge in [-0.15, -0.1) is 11.6 Å². The summed E-state index contributed by atoms with van der Waals surface area (Å²) in [5.41, 5.74) is 0.993. The molecule has 3 heteroatoms. The second kappa shape index (κ2) is 6.25. The molecule has 2 rings (SSSR count). The van der Waals surface area contributed by atoms with Crippen molar-refractivity contribution in [3.8, 4) is 5.88 Å². The van der Waals surface area contributed by atoms with E-state index in [2.05, 4.69) is 11.9 Å². The predicted octanol–water partition coefficient (Wildman–Crippen LogP) is 4.17. The van der Waals surface area contributed by atoms with Gasteiger partial charge in [-0.05, 0) is 31.2 Å². The molecule has 1 aliphatic carbocycles. The molecule has 0 saturated heterocycles. The lowest BCUT2D eigenvalue weighted by molar-refractivity contribution is 0.116. The van der Waals surface area contributed by atoms with Crippen molar-refractivity contribution in [1.29, 1.82) is 0 Å². The van der Waals surface area contributed by atoms with Gasteiger partial charge in [-0.2, -0.15) is 0 Å². The van der Waals surface area contributed by atoms with Crippen molar-refractivity contribution in [2.45, 2.75) is 51.0 Å². The van der Waals surface area contributed by atoms with E-state index < -0.39 is 0 Å². The molecule has 2 unspecified atom stereocenters. The van der Waals surface area contributed by atoms with Crippen LogP contribution in [0.2, 0.25) is 0 Å². The molecule has 1 fully saturated rings. The number of ether oxygens (including phenoxy) is 1. The van der Waals surface area contributed by atoms with Crippen molar-refractivity contribution in [2.24, 2.45) is 5.92 Å². The minimum atomic E-state index is 0.325. The number of hydrogen-bond acceptors (Lipinski definition) is 2. The first-order valence-electron chi connectivity index (χ1n) is 6.50. The van der Waals surface area contributed by atoms with E-state index in [0.717, 1.165) is 30.2 Å². The Kier molecular flexibility index (Phi) is 4.66. The molecule has 1 saturated carbocycles. The van der Waals surface area contributed by atoms with Gasteiger partial charge in [0.1, 0.15) is 6.10 Å². The Morgan fingerprint density at radius 3 is 3.12 bits per heavy atom. The highest BCUT2D eigenvalue weighted by molar-refractivity contribution is 6.17. The molecule has 0 radical (unpaired) electrons. The van der Waals surface area contributed by atoms with Gasteiger partial charge in [-0.1, -0.05) is 25.8 Å². The smallest absolute Gasteiger partial charge is 0.218 e. The molecular formula is C14H20ClNO. The van der Waals surface area contributed by atoms with Gasteiger partial charge in [-0.25, -0.2) is 4.98 Å². The largest absolute Gasteiger partial charge is 0.474 e. The highest BCUT2D eigenvalue weighted by Gasteiger charge is 2.23. The molecule has 0 amide bonds. The molecule has 1 aromatic rings.